The van der Waals surface area contributed by atoms with Crippen LogP contribution in [0, 0.1) is 0 Å². The summed E-state index contributed by atoms with van der Waals surface area (Å²) in [5.74, 6) is 0.741. The summed E-state index contributed by atoms with van der Waals surface area (Å²) in [6.07, 6.45) is 0.902. The quantitative estimate of drug-likeness (QED) is 0.743. The fraction of sp³-hybridized carbons (Fsp3) is 0.304. The summed E-state index contributed by atoms with van der Waals surface area (Å²) in [6.45, 7) is 3.91. The number of aromatic nitrogens is 1. The summed E-state index contributed by atoms with van der Waals surface area (Å²) in [5.41, 5.74) is 1.36. The molecule has 0 unspecified atom stereocenters. The summed E-state index contributed by atoms with van der Waals surface area (Å²) in [4.78, 5) is 32.3. The maximum Gasteiger partial charge on any atom is 0.270 e. The molecule has 29 heavy (non-hydrogen) atoms. The Morgan fingerprint density at radius 1 is 1.03 bits per heavy atom. The van der Waals surface area contributed by atoms with Gasteiger partial charge in [0, 0.05) is 38.1 Å². The lowest BCUT2D eigenvalue weighted by molar-refractivity contribution is 0.0755. The highest BCUT2D eigenvalue weighted by atomic mass is 16.5. The number of H-pyrrole nitrogens is 1. The van der Waals surface area contributed by atoms with Gasteiger partial charge >= 0.3 is 0 Å². The van der Waals surface area contributed by atoms with Crippen LogP contribution in [0.2, 0.25) is 0 Å². The number of nitrogens with zero attached hydrogens (tertiary/aromatic N) is 2. The molecule has 2 aromatic carbocycles. The highest BCUT2D eigenvalue weighted by Gasteiger charge is 2.21. The first-order chi connectivity index (χ1) is 14.1. The number of rotatable bonds is 4. The number of amides is 1. The van der Waals surface area contributed by atoms with Crippen LogP contribution in [0.1, 0.15) is 22.5 Å². The van der Waals surface area contributed by atoms with Gasteiger partial charge in [0.1, 0.15) is 11.4 Å². The molecule has 3 aromatic rings. The Morgan fingerprint density at radius 3 is 2.62 bits per heavy atom. The van der Waals surface area contributed by atoms with E-state index in [4.69, 9.17) is 4.74 Å². The summed E-state index contributed by atoms with van der Waals surface area (Å²) in [7, 11) is 1.66. The minimum Gasteiger partial charge on any atom is -0.497 e. The van der Waals surface area contributed by atoms with Crippen molar-refractivity contribution < 1.29 is 9.53 Å². The predicted octanol–water partition coefficient (Wildman–Crippen LogP) is 2.88. The summed E-state index contributed by atoms with van der Waals surface area (Å²) < 4.78 is 5.21. The van der Waals surface area contributed by atoms with Crippen LogP contribution in [0.15, 0.2) is 59.4 Å². The lowest BCUT2D eigenvalue weighted by atomic mass is 10.1. The summed E-state index contributed by atoms with van der Waals surface area (Å²) >= 11 is 0. The SMILES string of the molecule is COc1ccc(CN2CCCN(C(=O)c3cc4ccccc4c(=O)[nH]3)CC2)cc1. The van der Waals surface area contributed by atoms with E-state index < -0.39 is 0 Å². The number of carbonyl (C=O) groups excluding carboxylic acids is 1. The van der Waals surface area contributed by atoms with Crippen molar-refractivity contribution in [2.75, 3.05) is 33.3 Å². The number of hydrogen-bond donors (Lipinski definition) is 1. The van der Waals surface area contributed by atoms with Crippen LogP contribution in [0.4, 0.5) is 0 Å². The van der Waals surface area contributed by atoms with Crippen LogP contribution in [-0.2, 0) is 6.54 Å². The Morgan fingerprint density at radius 2 is 1.83 bits per heavy atom. The molecule has 150 valence electrons. The van der Waals surface area contributed by atoms with Crippen LogP contribution in [-0.4, -0.2) is 54.0 Å². The van der Waals surface area contributed by atoms with Crippen molar-refractivity contribution in [1.29, 1.82) is 0 Å². The molecule has 0 radical (unpaired) electrons. The fourth-order valence-corrected chi connectivity index (χ4v) is 3.82. The second-order valence-electron chi connectivity index (χ2n) is 7.37. The Kier molecular flexibility index (Phi) is 5.62. The van der Waals surface area contributed by atoms with Gasteiger partial charge in [0.25, 0.3) is 11.5 Å². The van der Waals surface area contributed by atoms with Gasteiger partial charge in [-0.2, -0.15) is 0 Å². The normalized spacial score (nSPS) is 15.3. The number of fused-ring (bicyclic) bond motifs is 1. The van der Waals surface area contributed by atoms with Crippen LogP contribution < -0.4 is 10.3 Å². The van der Waals surface area contributed by atoms with Gasteiger partial charge in [0.15, 0.2) is 0 Å². The third-order valence-electron chi connectivity index (χ3n) is 5.42. The molecule has 6 nitrogen and oxygen atoms in total. The Balaban J connectivity index is 1.44. The monoisotopic (exact) mass is 391 g/mol. The number of carbonyl (C=O) groups is 1. The van der Waals surface area contributed by atoms with Gasteiger partial charge in [0.05, 0.1) is 7.11 Å². The van der Waals surface area contributed by atoms with Crippen molar-refractivity contribution in [3.8, 4) is 5.75 Å². The van der Waals surface area contributed by atoms with E-state index in [2.05, 4.69) is 22.0 Å². The molecule has 1 saturated heterocycles. The van der Waals surface area contributed by atoms with E-state index >= 15 is 0 Å². The highest BCUT2D eigenvalue weighted by molar-refractivity contribution is 5.96. The number of aromatic amines is 1. The fourth-order valence-electron chi connectivity index (χ4n) is 3.82. The predicted molar refractivity (Wildman–Crippen MR) is 113 cm³/mol. The van der Waals surface area contributed by atoms with E-state index in [0.29, 0.717) is 24.2 Å². The maximum atomic E-state index is 13.0. The number of methoxy groups -OCH3 is 1. The van der Waals surface area contributed by atoms with Crippen molar-refractivity contribution in [2.45, 2.75) is 13.0 Å². The molecule has 1 aliphatic heterocycles. The molecule has 0 atom stereocenters. The zero-order chi connectivity index (χ0) is 20.2. The van der Waals surface area contributed by atoms with E-state index in [9.17, 15) is 9.59 Å². The molecule has 0 saturated carbocycles. The topological polar surface area (TPSA) is 65.6 Å². The van der Waals surface area contributed by atoms with Gasteiger partial charge < -0.3 is 14.6 Å². The molecule has 0 spiro atoms. The van der Waals surface area contributed by atoms with Gasteiger partial charge in [-0.25, -0.2) is 0 Å². The van der Waals surface area contributed by atoms with E-state index in [1.165, 1.54) is 5.56 Å². The van der Waals surface area contributed by atoms with Crippen molar-refractivity contribution in [2.24, 2.45) is 0 Å². The van der Waals surface area contributed by atoms with Crippen molar-refractivity contribution in [3.05, 3.63) is 76.2 Å². The minimum atomic E-state index is -0.220. The first kappa shape index (κ1) is 19.2. The van der Waals surface area contributed by atoms with Gasteiger partial charge in [-0.3, -0.25) is 14.5 Å². The molecule has 6 heteroatoms. The molecular formula is C23H25N3O3. The molecule has 1 fully saturated rings. The molecule has 2 heterocycles. The van der Waals surface area contributed by atoms with Crippen molar-refractivity contribution in [3.63, 3.8) is 0 Å². The lowest BCUT2D eigenvalue weighted by Gasteiger charge is -2.22. The lowest BCUT2D eigenvalue weighted by Crippen LogP contribution is -2.36. The minimum absolute atomic E-state index is 0.112. The van der Waals surface area contributed by atoms with E-state index in [-0.39, 0.29) is 11.5 Å². The number of nitrogens with one attached hydrogen (secondary N) is 1. The second kappa shape index (κ2) is 8.49. The smallest absolute Gasteiger partial charge is 0.270 e. The number of pyridine rings is 1. The molecule has 1 aliphatic rings. The molecular weight excluding hydrogens is 366 g/mol. The highest BCUT2D eigenvalue weighted by Crippen LogP contribution is 2.16. The Labute approximate surface area is 169 Å². The largest absolute Gasteiger partial charge is 0.497 e. The zero-order valence-electron chi connectivity index (χ0n) is 16.6. The van der Waals surface area contributed by atoms with Crippen LogP contribution in [0.25, 0.3) is 10.8 Å². The third-order valence-corrected chi connectivity index (χ3v) is 5.42. The summed E-state index contributed by atoms with van der Waals surface area (Å²) in [5, 5.41) is 1.39. The van der Waals surface area contributed by atoms with Crippen LogP contribution in [0.5, 0.6) is 5.75 Å². The summed E-state index contributed by atoms with van der Waals surface area (Å²) in [6, 6.07) is 17.2. The van der Waals surface area contributed by atoms with E-state index in [1.54, 1.807) is 19.2 Å². The number of benzene rings is 2. The van der Waals surface area contributed by atoms with Crippen LogP contribution >= 0.6 is 0 Å². The Hall–Kier alpha value is -3.12. The number of hydrogen-bond acceptors (Lipinski definition) is 4. The first-order valence-electron chi connectivity index (χ1n) is 9.90. The average Bonchev–Trinajstić information content (AvgIpc) is 2.99. The maximum absolute atomic E-state index is 13.0. The molecule has 1 N–H and O–H groups in total. The standard InChI is InChI=1S/C23H25N3O3/c1-29-19-9-7-17(8-10-19)16-25-11-4-12-26(14-13-25)23(28)21-15-18-5-2-3-6-20(18)22(27)24-21/h2-3,5-10,15H,4,11-14,16H2,1H3,(H,24,27). The molecule has 1 amide bonds. The molecule has 0 aliphatic carbocycles. The molecule has 4 rings (SSSR count). The molecule has 1 aromatic heterocycles. The number of ether oxygens (including phenoxy) is 1. The third kappa shape index (κ3) is 4.32. The first-order valence-corrected chi connectivity index (χ1v) is 9.90. The van der Waals surface area contributed by atoms with Gasteiger partial charge in [-0.15, -0.1) is 0 Å². The average molecular weight is 391 g/mol. The Bertz CT molecular complexity index is 1060. The van der Waals surface area contributed by atoms with Crippen molar-refractivity contribution >= 4 is 16.7 Å². The van der Waals surface area contributed by atoms with Gasteiger partial charge in [0.2, 0.25) is 0 Å². The van der Waals surface area contributed by atoms with E-state index in [0.717, 1.165) is 37.2 Å². The van der Waals surface area contributed by atoms with Gasteiger partial charge in [-0.05, 0) is 41.6 Å². The van der Waals surface area contributed by atoms with Crippen LogP contribution in [0.3, 0.4) is 0 Å². The zero-order valence-corrected chi connectivity index (χ0v) is 16.6. The molecule has 0 bridgehead atoms. The van der Waals surface area contributed by atoms with Crippen molar-refractivity contribution in [1.82, 2.24) is 14.8 Å². The van der Waals surface area contributed by atoms with Gasteiger partial charge in [-0.1, -0.05) is 30.3 Å². The second-order valence-corrected chi connectivity index (χ2v) is 7.37. The van der Waals surface area contributed by atoms with E-state index in [1.807, 2.05) is 35.2 Å².